The molecule has 1 fully saturated rings. The number of nitrogens with zero attached hydrogens (tertiary/aromatic N) is 2. The Kier molecular flexibility index (Phi) is 3.62. The lowest BCUT2D eigenvalue weighted by molar-refractivity contribution is -0.147. The predicted octanol–water partition coefficient (Wildman–Crippen LogP) is -1.42. The third-order valence-electron chi connectivity index (χ3n) is 2.23. The van der Waals surface area contributed by atoms with Crippen LogP contribution in [-0.4, -0.2) is 44.0 Å². The van der Waals surface area contributed by atoms with Gasteiger partial charge in [0.1, 0.15) is 6.04 Å². The number of likely N-dealkylation sites (tertiary alicyclic amines) is 1. The summed E-state index contributed by atoms with van der Waals surface area (Å²) >= 11 is 0. The first-order valence-corrected chi connectivity index (χ1v) is 6.20. The quantitative estimate of drug-likeness (QED) is 0.614. The third kappa shape index (κ3) is 2.77. The van der Waals surface area contributed by atoms with E-state index in [0.717, 1.165) is 4.90 Å². The first kappa shape index (κ1) is 12.6. The summed E-state index contributed by atoms with van der Waals surface area (Å²) in [5, 5.41) is 8.27. The van der Waals surface area contributed by atoms with Gasteiger partial charge in [0.15, 0.2) is 5.75 Å². The largest absolute Gasteiger partial charge is 0.284 e. The van der Waals surface area contributed by atoms with Crippen molar-refractivity contribution < 1.29 is 18.0 Å². The molecule has 7 nitrogen and oxygen atoms in total. The van der Waals surface area contributed by atoms with Crippen LogP contribution in [0.3, 0.4) is 0 Å². The molecule has 1 unspecified atom stereocenters. The van der Waals surface area contributed by atoms with Crippen molar-refractivity contribution in [2.24, 2.45) is 0 Å². The molecular formula is C8H11N3O4S. The van der Waals surface area contributed by atoms with Crippen LogP contribution in [0.5, 0.6) is 0 Å². The molecule has 0 radical (unpaired) electrons. The highest BCUT2D eigenvalue weighted by molar-refractivity contribution is 7.89. The van der Waals surface area contributed by atoms with E-state index in [0.29, 0.717) is 0 Å². The zero-order chi connectivity index (χ0) is 12.3. The molecule has 1 saturated heterocycles. The summed E-state index contributed by atoms with van der Waals surface area (Å²) in [6, 6.07) is 0.547. The van der Waals surface area contributed by atoms with Crippen LogP contribution in [0.1, 0.15) is 12.8 Å². The summed E-state index contributed by atoms with van der Waals surface area (Å²) in [5.74, 6) is -1.62. The van der Waals surface area contributed by atoms with Gasteiger partial charge in [-0.15, -0.1) is 0 Å². The smallest absolute Gasteiger partial charge is 0.247 e. The minimum atomic E-state index is -3.78. The number of sulfonamides is 1. The van der Waals surface area contributed by atoms with Gasteiger partial charge in [0.2, 0.25) is 21.8 Å². The maximum Gasteiger partial charge on any atom is 0.247 e. The number of hydrogen-bond acceptors (Lipinski definition) is 5. The summed E-state index contributed by atoms with van der Waals surface area (Å²) in [5.41, 5.74) is 0. The van der Waals surface area contributed by atoms with Crippen molar-refractivity contribution in [3.63, 3.8) is 0 Å². The highest BCUT2D eigenvalue weighted by atomic mass is 32.2. The number of rotatable bonds is 3. The van der Waals surface area contributed by atoms with Gasteiger partial charge >= 0.3 is 0 Å². The average Bonchev–Trinajstić information content (AvgIpc) is 2.19. The summed E-state index contributed by atoms with van der Waals surface area (Å²) < 4.78 is 24.6. The lowest BCUT2D eigenvalue weighted by Gasteiger charge is -2.27. The maximum atomic E-state index is 11.5. The van der Waals surface area contributed by atoms with Crippen LogP contribution < -0.4 is 4.72 Å². The topological polar surface area (TPSA) is 107 Å². The number of carbonyl (C=O) groups is 2. The second kappa shape index (κ2) is 4.59. The van der Waals surface area contributed by atoms with E-state index in [1.54, 1.807) is 0 Å². The molecule has 0 aromatic rings. The zero-order valence-corrected chi connectivity index (χ0v) is 9.45. The summed E-state index contributed by atoms with van der Waals surface area (Å²) in [6.45, 7) is 0. The summed E-state index contributed by atoms with van der Waals surface area (Å²) in [7, 11) is -2.47. The standard InChI is InChI=1S/C8H11N3O4S/c1-11-7(12)3-2-6(8(11)13)10-16(14,15)5-4-9/h6,10H,2-3,5H2,1H3. The van der Waals surface area contributed by atoms with E-state index in [4.69, 9.17) is 5.26 Å². The van der Waals surface area contributed by atoms with E-state index < -0.39 is 27.7 Å². The molecule has 1 N–H and O–H groups in total. The van der Waals surface area contributed by atoms with Crippen LogP contribution in [0.25, 0.3) is 0 Å². The van der Waals surface area contributed by atoms with Crippen molar-refractivity contribution in [1.29, 1.82) is 5.26 Å². The zero-order valence-electron chi connectivity index (χ0n) is 8.63. The summed E-state index contributed by atoms with van der Waals surface area (Å²) in [4.78, 5) is 23.5. The van der Waals surface area contributed by atoms with Gasteiger partial charge in [-0.05, 0) is 6.42 Å². The molecule has 0 saturated carbocycles. The van der Waals surface area contributed by atoms with E-state index in [2.05, 4.69) is 4.72 Å². The van der Waals surface area contributed by atoms with Crippen LogP contribution in [0.2, 0.25) is 0 Å². The molecule has 88 valence electrons. The Labute approximate surface area is 93.1 Å². The normalized spacial score (nSPS) is 22.0. The van der Waals surface area contributed by atoms with E-state index in [1.807, 2.05) is 0 Å². The molecule has 1 aliphatic rings. The fraction of sp³-hybridized carbons (Fsp3) is 0.625. The number of piperidine rings is 1. The minimum Gasteiger partial charge on any atom is -0.284 e. The predicted molar refractivity (Wildman–Crippen MR) is 53.3 cm³/mol. The summed E-state index contributed by atoms with van der Waals surface area (Å²) in [6.07, 6.45) is 0.245. The van der Waals surface area contributed by atoms with Crippen molar-refractivity contribution in [3.05, 3.63) is 0 Å². The fourth-order valence-electron chi connectivity index (χ4n) is 1.37. The van der Waals surface area contributed by atoms with Crippen molar-refractivity contribution in [2.45, 2.75) is 18.9 Å². The Hall–Kier alpha value is -1.46. The van der Waals surface area contributed by atoms with Crippen molar-refractivity contribution in [1.82, 2.24) is 9.62 Å². The molecular weight excluding hydrogens is 234 g/mol. The van der Waals surface area contributed by atoms with Crippen LogP contribution in [0.4, 0.5) is 0 Å². The van der Waals surface area contributed by atoms with E-state index in [-0.39, 0.29) is 18.7 Å². The van der Waals surface area contributed by atoms with Gasteiger partial charge in [-0.2, -0.15) is 5.26 Å². The highest BCUT2D eigenvalue weighted by Crippen LogP contribution is 2.12. The van der Waals surface area contributed by atoms with Crippen LogP contribution >= 0.6 is 0 Å². The monoisotopic (exact) mass is 245 g/mol. The number of carbonyl (C=O) groups excluding carboxylic acids is 2. The molecule has 1 aliphatic heterocycles. The van der Waals surface area contributed by atoms with Gasteiger partial charge in [-0.1, -0.05) is 0 Å². The molecule has 16 heavy (non-hydrogen) atoms. The van der Waals surface area contributed by atoms with E-state index >= 15 is 0 Å². The Morgan fingerprint density at radius 3 is 2.75 bits per heavy atom. The molecule has 1 heterocycles. The van der Waals surface area contributed by atoms with Gasteiger partial charge in [-0.25, -0.2) is 13.1 Å². The van der Waals surface area contributed by atoms with Gasteiger partial charge in [0.25, 0.3) is 0 Å². The first-order valence-electron chi connectivity index (χ1n) is 4.55. The number of imide groups is 1. The van der Waals surface area contributed by atoms with Gasteiger partial charge in [-0.3, -0.25) is 14.5 Å². The Morgan fingerprint density at radius 1 is 1.56 bits per heavy atom. The maximum absolute atomic E-state index is 11.5. The highest BCUT2D eigenvalue weighted by Gasteiger charge is 2.34. The average molecular weight is 245 g/mol. The Balaban J connectivity index is 2.74. The Morgan fingerprint density at radius 2 is 2.19 bits per heavy atom. The molecule has 0 aliphatic carbocycles. The number of nitrogens with one attached hydrogen (secondary N) is 1. The molecule has 8 heteroatoms. The molecule has 2 amide bonds. The first-order chi connectivity index (χ1) is 7.37. The SMILES string of the molecule is CN1C(=O)CCC(NS(=O)(=O)CC#N)C1=O. The second-order valence-corrected chi connectivity index (χ2v) is 5.17. The fourth-order valence-corrected chi connectivity index (χ4v) is 2.27. The Bertz CT molecular complexity index is 450. The molecule has 1 rings (SSSR count). The molecule has 0 spiro atoms. The third-order valence-corrected chi connectivity index (χ3v) is 3.38. The molecule has 0 aromatic heterocycles. The lowest BCUT2D eigenvalue weighted by atomic mass is 10.1. The van der Waals surface area contributed by atoms with Crippen molar-refractivity contribution in [2.75, 3.05) is 12.8 Å². The second-order valence-electron chi connectivity index (χ2n) is 3.42. The van der Waals surface area contributed by atoms with Gasteiger partial charge in [0.05, 0.1) is 6.07 Å². The van der Waals surface area contributed by atoms with E-state index in [1.165, 1.54) is 13.1 Å². The molecule has 0 aromatic carbocycles. The number of amides is 2. The number of hydrogen-bond donors (Lipinski definition) is 1. The lowest BCUT2D eigenvalue weighted by Crippen LogP contribution is -2.53. The van der Waals surface area contributed by atoms with Gasteiger partial charge < -0.3 is 0 Å². The van der Waals surface area contributed by atoms with Crippen molar-refractivity contribution >= 4 is 21.8 Å². The minimum absolute atomic E-state index is 0.113. The van der Waals surface area contributed by atoms with Gasteiger partial charge in [0, 0.05) is 13.5 Å². The molecule has 0 bridgehead atoms. The van der Waals surface area contributed by atoms with Crippen LogP contribution in [0.15, 0.2) is 0 Å². The number of nitriles is 1. The van der Waals surface area contributed by atoms with Crippen molar-refractivity contribution in [3.8, 4) is 6.07 Å². The molecule has 1 atom stereocenters. The van der Waals surface area contributed by atoms with E-state index in [9.17, 15) is 18.0 Å². The van der Waals surface area contributed by atoms with Crippen LogP contribution in [0, 0.1) is 11.3 Å². The van der Waals surface area contributed by atoms with Crippen LogP contribution in [-0.2, 0) is 19.6 Å². The number of likely N-dealkylation sites (N-methyl/N-ethyl adjacent to an activating group) is 1.